The minimum absolute atomic E-state index is 0.110. The molecule has 0 radical (unpaired) electrons. The first-order valence-electron chi connectivity index (χ1n) is 4.52. The molecule has 0 N–H and O–H groups in total. The van der Waals surface area contributed by atoms with Crippen molar-refractivity contribution in [2.45, 2.75) is 12.8 Å². The average Bonchev–Trinajstić information content (AvgIpc) is 2.26. The topological polar surface area (TPSA) is 50.1 Å². The van der Waals surface area contributed by atoms with Crippen LogP contribution in [0, 0.1) is 17.1 Å². The van der Waals surface area contributed by atoms with Gasteiger partial charge < -0.3 is 4.74 Å². The second kappa shape index (κ2) is 5.76. The third-order valence-electron chi connectivity index (χ3n) is 1.78. The number of benzene rings is 1. The van der Waals surface area contributed by atoms with Crippen molar-refractivity contribution in [2.24, 2.45) is 0 Å². The minimum Gasteiger partial charge on any atom is -0.490 e. The molecule has 1 rings (SSSR count). The maximum Gasteiger partial charge on any atom is 0.165 e. The normalized spacial score (nSPS) is 9.33. The Morgan fingerprint density at radius 1 is 1.53 bits per heavy atom. The van der Waals surface area contributed by atoms with Gasteiger partial charge in [-0.3, -0.25) is 4.79 Å². The summed E-state index contributed by atoms with van der Waals surface area (Å²) in [6.45, 7) is 0.297. The SMILES string of the molecule is N#CCCCOc1ccc(C=O)cc1F. The van der Waals surface area contributed by atoms with Gasteiger partial charge in [-0.1, -0.05) is 0 Å². The molecule has 3 nitrogen and oxygen atoms in total. The molecule has 0 saturated heterocycles. The zero-order valence-electron chi connectivity index (χ0n) is 8.07. The number of carbonyl (C=O) groups is 1. The second-order valence-corrected chi connectivity index (χ2v) is 2.92. The molecule has 1 aromatic rings. The summed E-state index contributed by atoms with van der Waals surface area (Å²) in [6.07, 6.45) is 1.52. The summed E-state index contributed by atoms with van der Waals surface area (Å²) in [6, 6.07) is 5.97. The van der Waals surface area contributed by atoms with E-state index < -0.39 is 5.82 Å². The molecule has 0 saturated carbocycles. The molecule has 0 aromatic heterocycles. The number of hydrogen-bond acceptors (Lipinski definition) is 3. The number of carbonyl (C=O) groups excluding carboxylic acids is 1. The number of nitrogens with zero attached hydrogens (tertiary/aromatic N) is 1. The molecule has 0 aliphatic heterocycles. The van der Waals surface area contributed by atoms with Crippen LogP contribution in [0.15, 0.2) is 18.2 Å². The first-order valence-corrected chi connectivity index (χ1v) is 4.52. The molecule has 0 fully saturated rings. The Morgan fingerprint density at radius 3 is 2.93 bits per heavy atom. The fraction of sp³-hybridized carbons (Fsp3) is 0.273. The van der Waals surface area contributed by atoms with Crippen molar-refractivity contribution in [3.8, 4) is 11.8 Å². The summed E-state index contributed by atoms with van der Waals surface area (Å²) in [5.74, 6) is -0.449. The number of aldehydes is 1. The standard InChI is InChI=1S/C11H10FNO2/c12-10-7-9(8-14)3-4-11(10)15-6-2-1-5-13/h3-4,7-8H,1-2,6H2. The van der Waals surface area contributed by atoms with Crippen molar-refractivity contribution in [3.63, 3.8) is 0 Å². The molecule has 0 aliphatic rings. The number of hydrogen-bond donors (Lipinski definition) is 0. The Bertz CT molecular complexity index is 385. The molecule has 0 bridgehead atoms. The quantitative estimate of drug-likeness (QED) is 0.550. The molecule has 78 valence electrons. The van der Waals surface area contributed by atoms with E-state index >= 15 is 0 Å². The van der Waals surface area contributed by atoms with E-state index in [9.17, 15) is 9.18 Å². The lowest BCUT2D eigenvalue weighted by Gasteiger charge is -2.05. The molecule has 15 heavy (non-hydrogen) atoms. The Morgan fingerprint density at radius 2 is 2.33 bits per heavy atom. The maximum atomic E-state index is 13.2. The highest BCUT2D eigenvalue weighted by Gasteiger charge is 2.03. The summed E-state index contributed by atoms with van der Waals surface area (Å²) >= 11 is 0. The van der Waals surface area contributed by atoms with Gasteiger partial charge >= 0.3 is 0 Å². The number of nitriles is 1. The van der Waals surface area contributed by atoms with Crippen LogP contribution in [0.1, 0.15) is 23.2 Å². The van der Waals surface area contributed by atoms with Gasteiger partial charge in [0.05, 0.1) is 12.7 Å². The summed E-state index contributed by atoms with van der Waals surface area (Å²) in [7, 11) is 0. The predicted molar refractivity (Wildman–Crippen MR) is 52.1 cm³/mol. The van der Waals surface area contributed by atoms with Gasteiger partial charge in [-0.25, -0.2) is 4.39 Å². The number of rotatable bonds is 5. The van der Waals surface area contributed by atoms with Gasteiger partial charge in [0.25, 0.3) is 0 Å². The number of unbranched alkanes of at least 4 members (excludes halogenated alkanes) is 1. The van der Waals surface area contributed by atoms with Crippen molar-refractivity contribution < 1.29 is 13.9 Å². The zero-order valence-corrected chi connectivity index (χ0v) is 8.07. The Labute approximate surface area is 87.1 Å². The van der Waals surface area contributed by atoms with Crippen molar-refractivity contribution in [3.05, 3.63) is 29.6 Å². The lowest BCUT2D eigenvalue weighted by molar-refractivity contribution is 0.112. The van der Waals surface area contributed by atoms with Crippen LogP contribution < -0.4 is 4.74 Å². The zero-order chi connectivity index (χ0) is 11.1. The van der Waals surface area contributed by atoms with Gasteiger partial charge in [-0.15, -0.1) is 0 Å². The molecular formula is C11H10FNO2. The fourth-order valence-corrected chi connectivity index (χ4v) is 1.04. The van der Waals surface area contributed by atoms with Crippen LogP contribution in [0.2, 0.25) is 0 Å². The second-order valence-electron chi connectivity index (χ2n) is 2.92. The summed E-state index contributed by atoms with van der Waals surface area (Å²) < 4.78 is 18.3. The lowest BCUT2D eigenvalue weighted by atomic mass is 10.2. The largest absolute Gasteiger partial charge is 0.490 e. The van der Waals surface area contributed by atoms with E-state index in [2.05, 4.69) is 0 Å². The summed E-state index contributed by atoms with van der Waals surface area (Å²) in [5.41, 5.74) is 0.275. The smallest absolute Gasteiger partial charge is 0.165 e. The molecule has 0 aliphatic carbocycles. The molecule has 0 atom stereocenters. The van der Waals surface area contributed by atoms with Crippen molar-refractivity contribution >= 4 is 6.29 Å². The highest BCUT2D eigenvalue weighted by atomic mass is 19.1. The van der Waals surface area contributed by atoms with Crippen molar-refractivity contribution in [1.82, 2.24) is 0 Å². The van der Waals surface area contributed by atoms with E-state index in [0.29, 0.717) is 25.7 Å². The monoisotopic (exact) mass is 207 g/mol. The van der Waals surface area contributed by atoms with Gasteiger partial charge in [0.2, 0.25) is 0 Å². The van der Waals surface area contributed by atoms with Crippen LogP contribution in [-0.4, -0.2) is 12.9 Å². The van der Waals surface area contributed by atoms with E-state index in [0.717, 1.165) is 6.07 Å². The van der Waals surface area contributed by atoms with Crippen LogP contribution in [0.25, 0.3) is 0 Å². The van der Waals surface area contributed by atoms with Crippen molar-refractivity contribution in [1.29, 1.82) is 5.26 Å². The molecular weight excluding hydrogens is 197 g/mol. The molecule has 0 unspecified atom stereocenters. The third kappa shape index (κ3) is 3.39. The van der Waals surface area contributed by atoms with Gasteiger partial charge in [-0.05, 0) is 24.6 Å². The molecule has 0 heterocycles. The third-order valence-corrected chi connectivity index (χ3v) is 1.78. The van der Waals surface area contributed by atoms with E-state index in [1.165, 1.54) is 12.1 Å². The minimum atomic E-state index is -0.559. The van der Waals surface area contributed by atoms with Crippen LogP contribution in [0.3, 0.4) is 0 Å². The Kier molecular flexibility index (Phi) is 4.30. The van der Waals surface area contributed by atoms with E-state index in [4.69, 9.17) is 10.00 Å². The molecule has 0 spiro atoms. The Hall–Kier alpha value is -1.89. The number of ether oxygens (including phenoxy) is 1. The van der Waals surface area contributed by atoms with Crippen molar-refractivity contribution in [2.75, 3.05) is 6.61 Å². The van der Waals surface area contributed by atoms with Crippen LogP contribution in [-0.2, 0) is 0 Å². The van der Waals surface area contributed by atoms with Crippen LogP contribution in [0.4, 0.5) is 4.39 Å². The van der Waals surface area contributed by atoms with Crippen LogP contribution >= 0.6 is 0 Å². The van der Waals surface area contributed by atoms with Gasteiger partial charge in [0.1, 0.15) is 6.29 Å². The highest BCUT2D eigenvalue weighted by Crippen LogP contribution is 2.17. The van der Waals surface area contributed by atoms with Gasteiger partial charge in [0.15, 0.2) is 11.6 Å². The molecule has 1 aromatic carbocycles. The van der Waals surface area contributed by atoms with Crippen LogP contribution in [0.5, 0.6) is 5.75 Å². The van der Waals surface area contributed by atoms with E-state index in [-0.39, 0.29) is 11.3 Å². The highest BCUT2D eigenvalue weighted by molar-refractivity contribution is 5.74. The first-order chi connectivity index (χ1) is 7.27. The lowest BCUT2D eigenvalue weighted by Crippen LogP contribution is -1.99. The molecule has 0 amide bonds. The summed E-state index contributed by atoms with van der Waals surface area (Å²) in [4.78, 5) is 10.3. The van der Waals surface area contributed by atoms with Gasteiger partial charge in [0, 0.05) is 12.0 Å². The van der Waals surface area contributed by atoms with Gasteiger partial charge in [-0.2, -0.15) is 5.26 Å². The Balaban J connectivity index is 2.55. The first kappa shape index (κ1) is 11.2. The van der Waals surface area contributed by atoms with E-state index in [1.54, 1.807) is 0 Å². The maximum absolute atomic E-state index is 13.2. The predicted octanol–water partition coefficient (Wildman–Crippen LogP) is 2.32. The van der Waals surface area contributed by atoms with E-state index in [1.807, 2.05) is 6.07 Å². The molecule has 4 heteroatoms. The number of halogens is 1. The fourth-order valence-electron chi connectivity index (χ4n) is 1.04. The summed E-state index contributed by atoms with van der Waals surface area (Å²) in [5, 5.41) is 8.27. The average molecular weight is 207 g/mol.